The van der Waals surface area contributed by atoms with E-state index in [0.29, 0.717) is 11.6 Å². The highest BCUT2D eigenvalue weighted by Gasteiger charge is 2.19. The fourth-order valence-electron chi connectivity index (χ4n) is 1.58. The van der Waals surface area contributed by atoms with Crippen LogP contribution in [-0.4, -0.2) is 24.9 Å². The van der Waals surface area contributed by atoms with Crippen LogP contribution in [0.4, 0.5) is 0 Å². The molecule has 4 heteroatoms. The first-order chi connectivity index (χ1) is 6.79. The number of nitrogens with one attached hydrogen (secondary N) is 1. The molecule has 1 fully saturated rings. The van der Waals surface area contributed by atoms with Crippen molar-refractivity contribution in [1.82, 2.24) is 5.32 Å². The number of para-hydroxylation sites is 1. The van der Waals surface area contributed by atoms with Gasteiger partial charge in [-0.3, -0.25) is 0 Å². The minimum atomic E-state index is 0.0439. The highest BCUT2D eigenvalue weighted by atomic mass is 35.5. The van der Waals surface area contributed by atoms with E-state index in [-0.39, 0.29) is 11.8 Å². The van der Waals surface area contributed by atoms with Gasteiger partial charge in [0.2, 0.25) is 0 Å². The largest absolute Gasteiger partial charge is 0.506 e. The van der Waals surface area contributed by atoms with Crippen molar-refractivity contribution in [3.05, 3.63) is 28.8 Å². The summed E-state index contributed by atoms with van der Waals surface area (Å²) in [4.78, 5) is 0. The fraction of sp³-hybridized carbons (Fsp3) is 0.400. The van der Waals surface area contributed by atoms with Crippen LogP contribution in [-0.2, 0) is 4.74 Å². The van der Waals surface area contributed by atoms with E-state index in [1.54, 1.807) is 6.07 Å². The average Bonchev–Trinajstić information content (AvgIpc) is 2.23. The lowest BCUT2D eigenvalue weighted by Gasteiger charge is -2.24. The van der Waals surface area contributed by atoms with Crippen LogP contribution in [0.5, 0.6) is 5.75 Å². The van der Waals surface area contributed by atoms with Crippen molar-refractivity contribution < 1.29 is 9.84 Å². The van der Waals surface area contributed by atoms with Crippen LogP contribution in [0.3, 0.4) is 0 Å². The Morgan fingerprint density at radius 3 is 3.07 bits per heavy atom. The van der Waals surface area contributed by atoms with Gasteiger partial charge in [-0.1, -0.05) is 23.7 Å². The number of phenolic OH excluding ortho intramolecular Hbond substituents is 1. The summed E-state index contributed by atoms with van der Waals surface area (Å²) in [5, 5.41) is 13.4. The van der Waals surface area contributed by atoms with Gasteiger partial charge in [0.05, 0.1) is 24.3 Å². The number of aromatic hydroxyl groups is 1. The van der Waals surface area contributed by atoms with Gasteiger partial charge in [-0.25, -0.2) is 0 Å². The molecule has 1 aromatic rings. The predicted octanol–water partition coefficient (Wildman–Crippen LogP) is 1.71. The molecule has 0 saturated carbocycles. The number of hydrogen-bond donors (Lipinski definition) is 2. The number of benzene rings is 1. The summed E-state index contributed by atoms with van der Waals surface area (Å²) in [5.74, 6) is 0.150. The van der Waals surface area contributed by atoms with Gasteiger partial charge in [-0.15, -0.1) is 0 Å². The molecule has 1 aromatic carbocycles. The van der Waals surface area contributed by atoms with Gasteiger partial charge in [-0.2, -0.15) is 0 Å². The predicted molar refractivity (Wildman–Crippen MR) is 54.7 cm³/mol. The molecule has 2 N–H and O–H groups in total. The normalized spacial score (nSPS) is 22.2. The number of rotatable bonds is 1. The van der Waals surface area contributed by atoms with E-state index in [9.17, 15) is 5.11 Å². The van der Waals surface area contributed by atoms with Crippen molar-refractivity contribution in [2.75, 3.05) is 19.8 Å². The van der Waals surface area contributed by atoms with Gasteiger partial charge in [-0.05, 0) is 6.07 Å². The zero-order valence-electron chi connectivity index (χ0n) is 7.66. The number of ether oxygens (including phenoxy) is 1. The third kappa shape index (κ3) is 1.85. The van der Waals surface area contributed by atoms with Crippen LogP contribution in [0.15, 0.2) is 18.2 Å². The molecule has 0 radical (unpaired) electrons. The molecule has 0 bridgehead atoms. The summed E-state index contributed by atoms with van der Waals surface area (Å²) in [6, 6.07) is 5.40. The van der Waals surface area contributed by atoms with Gasteiger partial charge >= 0.3 is 0 Å². The van der Waals surface area contributed by atoms with Crippen LogP contribution in [0.1, 0.15) is 11.6 Å². The molecular weight excluding hydrogens is 202 g/mol. The topological polar surface area (TPSA) is 41.5 Å². The van der Waals surface area contributed by atoms with E-state index in [2.05, 4.69) is 5.32 Å². The van der Waals surface area contributed by atoms with Crippen LogP contribution < -0.4 is 5.32 Å². The summed E-state index contributed by atoms with van der Waals surface area (Å²) in [6.07, 6.45) is 0. The van der Waals surface area contributed by atoms with Gasteiger partial charge in [0.15, 0.2) is 0 Å². The van der Waals surface area contributed by atoms with Crippen LogP contribution in [0, 0.1) is 0 Å². The summed E-state index contributed by atoms with van der Waals surface area (Å²) < 4.78 is 5.31. The van der Waals surface area contributed by atoms with Crippen molar-refractivity contribution >= 4 is 11.6 Å². The van der Waals surface area contributed by atoms with Crippen LogP contribution >= 0.6 is 11.6 Å². The van der Waals surface area contributed by atoms with Gasteiger partial charge < -0.3 is 15.2 Å². The third-order valence-corrected chi connectivity index (χ3v) is 2.62. The second-order valence-corrected chi connectivity index (χ2v) is 3.67. The van der Waals surface area contributed by atoms with Crippen molar-refractivity contribution in [3.63, 3.8) is 0 Å². The number of hydrogen-bond acceptors (Lipinski definition) is 3. The van der Waals surface area contributed by atoms with Gasteiger partial charge in [0, 0.05) is 12.1 Å². The summed E-state index contributed by atoms with van der Waals surface area (Å²) >= 11 is 5.81. The van der Waals surface area contributed by atoms with Gasteiger partial charge in [0.25, 0.3) is 0 Å². The lowest BCUT2D eigenvalue weighted by Crippen LogP contribution is -2.34. The molecule has 2 rings (SSSR count). The Morgan fingerprint density at radius 1 is 1.50 bits per heavy atom. The summed E-state index contributed by atoms with van der Waals surface area (Å²) in [5.41, 5.74) is 0.803. The molecule has 0 amide bonds. The monoisotopic (exact) mass is 213 g/mol. The van der Waals surface area contributed by atoms with Gasteiger partial charge in [0.1, 0.15) is 5.75 Å². The Balaban J connectivity index is 2.26. The molecule has 1 aliphatic heterocycles. The maximum atomic E-state index is 9.72. The molecule has 0 aliphatic carbocycles. The maximum Gasteiger partial charge on any atom is 0.139 e. The number of phenols is 1. The molecule has 1 saturated heterocycles. The molecule has 0 aromatic heterocycles. The van der Waals surface area contributed by atoms with Crippen molar-refractivity contribution in [2.24, 2.45) is 0 Å². The Hall–Kier alpha value is -0.770. The second-order valence-electron chi connectivity index (χ2n) is 3.26. The SMILES string of the molecule is Oc1c(Cl)cccc1[C@H]1COCCN1. The highest BCUT2D eigenvalue weighted by molar-refractivity contribution is 6.32. The minimum Gasteiger partial charge on any atom is -0.506 e. The number of morpholine rings is 1. The lowest BCUT2D eigenvalue weighted by atomic mass is 10.1. The standard InChI is InChI=1S/C10H12ClNO2/c11-8-3-1-2-7(10(8)13)9-6-14-5-4-12-9/h1-3,9,12-13H,4-6H2/t9-/m1/s1. The zero-order valence-corrected chi connectivity index (χ0v) is 8.42. The molecule has 3 nitrogen and oxygen atoms in total. The van der Waals surface area contributed by atoms with E-state index in [4.69, 9.17) is 16.3 Å². The molecule has 14 heavy (non-hydrogen) atoms. The van der Waals surface area contributed by atoms with Crippen LogP contribution in [0.2, 0.25) is 5.02 Å². The Bertz CT molecular complexity index is 324. The van der Waals surface area contributed by atoms with Crippen LogP contribution in [0.25, 0.3) is 0 Å². The van der Waals surface area contributed by atoms with E-state index in [0.717, 1.165) is 18.7 Å². The maximum absolute atomic E-state index is 9.72. The number of halogens is 1. The van der Waals surface area contributed by atoms with E-state index in [1.807, 2.05) is 12.1 Å². The first-order valence-electron chi connectivity index (χ1n) is 4.57. The summed E-state index contributed by atoms with van der Waals surface area (Å²) in [7, 11) is 0. The minimum absolute atomic E-state index is 0.0439. The summed E-state index contributed by atoms with van der Waals surface area (Å²) in [6.45, 7) is 2.10. The first-order valence-corrected chi connectivity index (χ1v) is 4.95. The molecule has 1 aliphatic rings. The zero-order chi connectivity index (χ0) is 9.97. The molecule has 76 valence electrons. The molecule has 1 atom stereocenters. The smallest absolute Gasteiger partial charge is 0.139 e. The van der Waals surface area contributed by atoms with Crippen molar-refractivity contribution in [3.8, 4) is 5.75 Å². The van der Waals surface area contributed by atoms with E-state index in [1.165, 1.54) is 0 Å². The van der Waals surface area contributed by atoms with Crippen molar-refractivity contribution in [2.45, 2.75) is 6.04 Å². The second kappa shape index (κ2) is 4.17. The quantitative estimate of drug-likeness (QED) is 0.746. The Kier molecular flexibility index (Phi) is 2.91. The van der Waals surface area contributed by atoms with E-state index < -0.39 is 0 Å². The third-order valence-electron chi connectivity index (χ3n) is 2.32. The molecule has 1 heterocycles. The first kappa shape index (κ1) is 9.77. The Labute approximate surface area is 87.6 Å². The molecular formula is C10H12ClNO2. The highest BCUT2D eigenvalue weighted by Crippen LogP contribution is 2.31. The van der Waals surface area contributed by atoms with E-state index >= 15 is 0 Å². The average molecular weight is 214 g/mol. The van der Waals surface area contributed by atoms with Crippen molar-refractivity contribution in [1.29, 1.82) is 0 Å². The lowest BCUT2D eigenvalue weighted by molar-refractivity contribution is 0.0761. The Morgan fingerprint density at radius 2 is 2.36 bits per heavy atom. The fourth-order valence-corrected chi connectivity index (χ4v) is 1.76. The molecule has 0 spiro atoms. The molecule has 0 unspecified atom stereocenters.